The van der Waals surface area contributed by atoms with Crippen LogP contribution in [0.15, 0.2) is 73.2 Å². The standard InChI is InChI=1S/C31H38N6O2/c1-24(38)32-16-20-37(31-29-12-15-33-30(29)34-23-35-31)27-11-5-9-26(21-27)22-39-28-13-18-36(19-14-28)17-6-10-25-7-3-2-4-8-25/h2-5,7-9,11-12,15,21,23,28H,6,10,13-14,16-20,22H2,1H3,(H,32,38)(H,33,34,35). The van der Waals surface area contributed by atoms with Crippen LogP contribution in [0.25, 0.3) is 11.0 Å². The van der Waals surface area contributed by atoms with E-state index in [1.807, 2.05) is 12.3 Å². The molecule has 2 aromatic carbocycles. The summed E-state index contributed by atoms with van der Waals surface area (Å²) in [5.74, 6) is 0.762. The molecule has 8 heteroatoms. The summed E-state index contributed by atoms with van der Waals surface area (Å²) in [5.41, 5.74) is 4.34. The molecule has 0 aliphatic carbocycles. The number of likely N-dealkylation sites (tertiary alicyclic amines) is 1. The van der Waals surface area contributed by atoms with Crippen molar-refractivity contribution in [3.05, 3.63) is 84.3 Å². The summed E-state index contributed by atoms with van der Waals surface area (Å²) in [5, 5.41) is 3.85. The van der Waals surface area contributed by atoms with Gasteiger partial charge < -0.3 is 24.8 Å². The van der Waals surface area contributed by atoms with Gasteiger partial charge in [-0.2, -0.15) is 0 Å². The molecule has 1 aliphatic heterocycles. The van der Waals surface area contributed by atoms with E-state index in [9.17, 15) is 4.79 Å². The number of aromatic nitrogens is 3. The first-order valence-corrected chi connectivity index (χ1v) is 13.9. The summed E-state index contributed by atoms with van der Waals surface area (Å²) >= 11 is 0. The number of piperidine rings is 1. The van der Waals surface area contributed by atoms with E-state index in [-0.39, 0.29) is 12.0 Å². The van der Waals surface area contributed by atoms with Crippen LogP contribution >= 0.6 is 0 Å². The van der Waals surface area contributed by atoms with Gasteiger partial charge in [-0.1, -0.05) is 42.5 Å². The van der Waals surface area contributed by atoms with E-state index in [1.165, 1.54) is 18.9 Å². The third-order valence-corrected chi connectivity index (χ3v) is 7.32. The molecule has 2 aromatic heterocycles. The third kappa shape index (κ3) is 7.43. The average molecular weight is 527 g/mol. The molecule has 204 valence electrons. The number of carbonyl (C=O) groups is 1. The summed E-state index contributed by atoms with van der Waals surface area (Å²) in [6.07, 6.45) is 8.20. The fourth-order valence-corrected chi connectivity index (χ4v) is 5.25. The highest BCUT2D eigenvalue weighted by Crippen LogP contribution is 2.30. The molecule has 2 N–H and O–H groups in total. The Morgan fingerprint density at radius 3 is 2.72 bits per heavy atom. The predicted octanol–water partition coefficient (Wildman–Crippen LogP) is 4.85. The summed E-state index contributed by atoms with van der Waals surface area (Å²) in [4.78, 5) is 28.3. The molecule has 3 heterocycles. The van der Waals surface area contributed by atoms with Crippen LogP contribution in [-0.2, 0) is 22.6 Å². The first kappa shape index (κ1) is 26.8. The first-order valence-electron chi connectivity index (χ1n) is 13.9. The topological polar surface area (TPSA) is 86.4 Å². The number of hydrogen-bond acceptors (Lipinski definition) is 6. The highest BCUT2D eigenvalue weighted by Gasteiger charge is 2.20. The van der Waals surface area contributed by atoms with Crippen molar-refractivity contribution in [1.82, 2.24) is 25.2 Å². The molecular formula is C31H38N6O2. The van der Waals surface area contributed by atoms with Gasteiger partial charge in [0.05, 0.1) is 18.1 Å². The van der Waals surface area contributed by atoms with Crippen LogP contribution in [0, 0.1) is 0 Å². The number of amides is 1. The molecule has 1 fully saturated rings. The molecule has 1 aliphatic rings. The SMILES string of the molecule is CC(=O)NCCN(c1cccc(COC2CCN(CCCc3ccccc3)CC2)c1)c1ncnc2[nH]ccc12. The van der Waals surface area contributed by atoms with Crippen LogP contribution in [0.5, 0.6) is 0 Å². The van der Waals surface area contributed by atoms with E-state index in [4.69, 9.17) is 4.74 Å². The molecule has 39 heavy (non-hydrogen) atoms. The van der Waals surface area contributed by atoms with Gasteiger partial charge in [0.25, 0.3) is 0 Å². The summed E-state index contributed by atoms with van der Waals surface area (Å²) in [6, 6.07) is 21.1. The van der Waals surface area contributed by atoms with Crippen molar-refractivity contribution < 1.29 is 9.53 Å². The molecule has 0 saturated carbocycles. The van der Waals surface area contributed by atoms with Crippen LogP contribution in [0.1, 0.15) is 37.3 Å². The number of ether oxygens (including phenoxy) is 1. The van der Waals surface area contributed by atoms with Crippen LogP contribution in [-0.4, -0.2) is 64.6 Å². The lowest BCUT2D eigenvalue weighted by molar-refractivity contribution is -0.118. The van der Waals surface area contributed by atoms with E-state index in [0.29, 0.717) is 19.7 Å². The maximum absolute atomic E-state index is 11.5. The minimum Gasteiger partial charge on any atom is -0.373 e. The largest absolute Gasteiger partial charge is 0.373 e. The van der Waals surface area contributed by atoms with Crippen LogP contribution in [0.2, 0.25) is 0 Å². The predicted molar refractivity (Wildman–Crippen MR) is 155 cm³/mol. The molecule has 4 aromatic rings. The highest BCUT2D eigenvalue weighted by molar-refractivity contribution is 5.89. The Morgan fingerprint density at radius 1 is 1.08 bits per heavy atom. The van der Waals surface area contributed by atoms with Crippen molar-refractivity contribution in [2.75, 3.05) is 37.6 Å². The number of carbonyl (C=O) groups excluding carboxylic acids is 1. The van der Waals surface area contributed by atoms with E-state index in [0.717, 1.165) is 67.0 Å². The molecule has 1 saturated heterocycles. The second-order valence-corrected chi connectivity index (χ2v) is 10.2. The molecule has 0 atom stereocenters. The molecule has 0 spiro atoms. The second kappa shape index (κ2) is 13.4. The molecule has 0 unspecified atom stereocenters. The van der Waals surface area contributed by atoms with Gasteiger partial charge in [-0.25, -0.2) is 9.97 Å². The fraction of sp³-hybridized carbons (Fsp3) is 0.387. The van der Waals surface area contributed by atoms with E-state index < -0.39 is 0 Å². The van der Waals surface area contributed by atoms with Crippen molar-refractivity contribution >= 4 is 28.4 Å². The van der Waals surface area contributed by atoms with E-state index in [1.54, 1.807) is 6.33 Å². The van der Waals surface area contributed by atoms with Crippen molar-refractivity contribution in [2.45, 2.75) is 45.3 Å². The molecule has 0 bridgehead atoms. The van der Waals surface area contributed by atoms with Crippen molar-refractivity contribution in [1.29, 1.82) is 0 Å². The maximum atomic E-state index is 11.5. The van der Waals surface area contributed by atoms with Crippen LogP contribution in [0.4, 0.5) is 11.5 Å². The number of anilines is 2. The second-order valence-electron chi connectivity index (χ2n) is 10.2. The number of hydrogen-bond donors (Lipinski definition) is 2. The third-order valence-electron chi connectivity index (χ3n) is 7.32. The van der Waals surface area contributed by atoms with Crippen LogP contribution in [0.3, 0.4) is 0 Å². The number of nitrogens with one attached hydrogen (secondary N) is 2. The number of H-pyrrole nitrogens is 1. The molecular weight excluding hydrogens is 488 g/mol. The highest BCUT2D eigenvalue weighted by atomic mass is 16.5. The van der Waals surface area contributed by atoms with Crippen molar-refractivity contribution in [3.8, 4) is 0 Å². The first-order chi connectivity index (χ1) is 19.2. The zero-order valence-electron chi connectivity index (χ0n) is 22.7. The van der Waals surface area contributed by atoms with Gasteiger partial charge in [-0.15, -0.1) is 0 Å². The van der Waals surface area contributed by atoms with Gasteiger partial charge in [0.15, 0.2) is 0 Å². The van der Waals surface area contributed by atoms with Gasteiger partial charge in [0.1, 0.15) is 17.8 Å². The number of aryl methyl sites for hydroxylation is 1. The maximum Gasteiger partial charge on any atom is 0.216 e. The number of rotatable bonds is 12. The Morgan fingerprint density at radius 2 is 1.90 bits per heavy atom. The van der Waals surface area contributed by atoms with Gasteiger partial charge in [-0.05, 0) is 61.6 Å². The van der Waals surface area contributed by atoms with Gasteiger partial charge in [0, 0.05) is 45.0 Å². The van der Waals surface area contributed by atoms with E-state index >= 15 is 0 Å². The Labute approximate surface area is 230 Å². The normalized spacial score (nSPS) is 14.5. The fourth-order valence-electron chi connectivity index (χ4n) is 5.25. The number of benzene rings is 2. The molecule has 0 radical (unpaired) electrons. The number of nitrogens with zero attached hydrogens (tertiary/aromatic N) is 4. The van der Waals surface area contributed by atoms with Crippen molar-refractivity contribution in [3.63, 3.8) is 0 Å². The molecule has 1 amide bonds. The van der Waals surface area contributed by atoms with Crippen molar-refractivity contribution in [2.24, 2.45) is 0 Å². The van der Waals surface area contributed by atoms with Crippen LogP contribution < -0.4 is 10.2 Å². The summed E-state index contributed by atoms with van der Waals surface area (Å²) < 4.78 is 6.37. The number of aromatic amines is 1. The lowest BCUT2D eigenvalue weighted by Gasteiger charge is -2.32. The Hall–Kier alpha value is -3.75. The Balaban J connectivity index is 1.16. The Kier molecular flexibility index (Phi) is 9.19. The Bertz CT molecular complexity index is 1330. The molecule has 8 nitrogen and oxygen atoms in total. The lowest BCUT2D eigenvalue weighted by atomic mass is 10.1. The smallest absolute Gasteiger partial charge is 0.216 e. The summed E-state index contributed by atoms with van der Waals surface area (Å²) in [7, 11) is 0. The minimum absolute atomic E-state index is 0.0474. The monoisotopic (exact) mass is 526 g/mol. The minimum atomic E-state index is -0.0474. The quantitative estimate of drug-likeness (QED) is 0.275. The van der Waals surface area contributed by atoms with Gasteiger partial charge in [-0.3, -0.25) is 4.79 Å². The number of fused-ring (bicyclic) bond motifs is 1. The average Bonchev–Trinajstić information content (AvgIpc) is 3.45. The van der Waals surface area contributed by atoms with Gasteiger partial charge in [0.2, 0.25) is 5.91 Å². The lowest BCUT2D eigenvalue weighted by Crippen LogP contribution is -2.37. The summed E-state index contributed by atoms with van der Waals surface area (Å²) in [6.45, 7) is 6.55. The van der Waals surface area contributed by atoms with Gasteiger partial charge >= 0.3 is 0 Å². The zero-order valence-corrected chi connectivity index (χ0v) is 22.7. The zero-order chi connectivity index (χ0) is 26.9. The molecule has 5 rings (SSSR count). The van der Waals surface area contributed by atoms with E-state index in [2.05, 4.69) is 84.7 Å².